The first-order valence-electron chi connectivity index (χ1n) is 5.45. The molecule has 0 aliphatic rings. The lowest BCUT2D eigenvalue weighted by Gasteiger charge is -2.05. The van der Waals surface area contributed by atoms with E-state index in [2.05, 4.69) is 26.2 Å². The lowest BCUT2D eigenvalue weighted by atomic mass is 10.2. The van der Waals surface area contributed by atoms with E-state index in [4.69, 9.17) is 5.73 Å². The minimum absolute atomic E-state index is 0.135. The third-order valence-electron chi connectivity index (χ3n) is 2.40. The SMILES string of the molecule is Nc1cccc(C(=O)Nc2ccc(Br)c([N+](=O)[O-])c2)n1. The number of carbonyl (C=O) groups excluding carboxylic acids is 1. The van der Waals surface area contributed by atoms with Crippen LogP contribution in [0.1, 0.15) is 10.5 Å². The van der Waals surface area contributed by atoms with Crippen molar-refractivity contribution in [3.63, 3.8) is 0 Å². The zero-order valence-electron chi connectivity index (χ0n) is 10.0. The van der Waals surface area contributed by atoms with Gasteiger partial charge in [0, 0.05) is 11.8 Å². The van der Waals surface area contributed by atoms with Gasteiger partial charge in [-0.3, -0.25) is 14.9 Å². The Kier molecular flexibility index (Phi) is 3.94. The van der Waals surface area contributed by atoms with E-state index in [0.29, 0.717) is 10.2 Å². The summed E-state index contributed by atoms with van der Waals surface area (Å²) in [7, 11) is 0. The van der Waals surface area contributed by atoms with Crippen molar-refractivity contribution in [1.29, 1.82) is 0 Å². The number of benzene rings is 1. The molecule has 1 aromatic carbocycles. The Morgan fingerprint density at radius 1 is 1.35 bits per heavy atom. The monoisotopic (exact) mass is 336 g/mol. The number of nitrogen functional groups attached to an aromatic ring is 1. The van der Waals surface area contributed by atoms with Crippen LogP contribution in [0.3, 0.4) is 0 Å². The Labute approximate surface area is 122 Å². The number of pyridine rings is 1. The standard InChI is InChI=1S/C12H9BrN4O3/c13-8-5-4-7(6-10(8)17(19)20)15-12(18)9-2-1-3-11(14)16-9/h1-6H,(H2,14,16)(H,15,18). The van der Waals surface area contributed by atoms with Gasteiger partial charge in [0.2, 0.25) is 0 Å². The van der Waals surface area contributed by atoms with Crippen molar-refractivity contribution in [2.75, 3.05) is 11.1 Å². The van der Waals surface area contributed by atoms with Gasteiger partial charge in [-0.05, 0) is 40.2 Å². The van der Waals surface area contributed by atoms with Crippen molar-refractivity contribution in [3.05, 3.63) is 56.7 Å². The van der Waals surface area contributed by atoms with Gasteiger partial charge in [0.15, 0.2) is 0 Å². The molecule has 7 nitrogen and oxygen atoms in total. The summed E-state index contributed by atoms with van der Waals surface area (Å²) >= 11 is 3.07. The maximum Gasteiger partial charge on any atom is 0.285 e. The summed E-state index contributed by atoms with van der Waals surface area (Å²) in [5, 5.41) is 13.3. The fourth-order valence-electron chi connectivity index (χ4n) is 1.50. The molecule has 0 atom stereocenters. The summed E-state index contributed by atoms with van der Waals surface area (Å²) in [6.07, 6.45) is 0. The Morgan fingerprint density at radius 2 is 2.10 bits per heavy atom. The first-order valence-corrected chi connectivity index (χ1v) is 6.24. The number of nitrogens with zero attached hydrogens (tertiary/aromatic N) is 2. The minimum atomic E-state index is -0.543. The van der Waals surface area contributed by atoms with Gasteiger partial charge in [-0.1, -0.05) is 6.07 Å². The molecule has 0 bridgehead atoms. The zero-order valence-corrected chi connectivity index (χ0v) is 11.6. The molecule has 1 amide bonds. The van der Waals surface area contributed by atoms with Crippen molar-refractivity contribution < 1.29 is 9.72 Å². The maximum absolute atomic E-state index is 11.9. The number of carbonyl (C=O) groups is 1. The molecule has 102 valence electrons. The maximum atomic E-state index is 11.9. The van der Waals surface area contributed by atoms with Crippen molar-refractivity contribution >= 4 is 39.0 Å². The number of nitro groups is 1. The number of amides is 1. The molecule has 3 N–H and O–H groups in total. The van der Waals surface area contributed by atoms with Crippen molar-refractivity contribution in [2.45, 2.75) is 0 Å². The molecule has 20 heavy (non-hydrogen) atoms. The molecular formula is C12H9BrN4O3. The van der Waals surface area contributed by atoms with Gasteiger partial charge in [-0.15, -0.1) is 0 Å². The molecule has 0 saturated carbocycles. The van der Waals surface area contributed by atoms with Crippen molar-refractivity contribution in [2.24, 2.45) is 0 Å². The number of halogens is 1. The Hall–Kier alpha value is -2.48. The molecule has 1 heterocycles. The minimum Gasteiger partial charge on any atom is -0.384 e. The second kappa shape index (κ2) is 5.66. The van der Waals surface area contributed by atoms with Crippen LogP contribution in [0.25, 0.3) is 0 Å². The molecule has 0 saturated heterocycles. The summed E-state index contributed by atoms with van der Waals surface area (Å²) < 4.78 is 0.336. The number of hydrogen-bond acceptors (Lipinski definition) is 5. The number of nitrogens with one attached hydrogen (secondary N) is 1. The van der Waals surface area contributed by atoms with E-state index in [1.54, 1.807) is 18.2 Å². The number of nitro benzene ring substituents is 1. The van der Waals surface area contributed by atoms with E-state index in [0.717, 1.165) is 0 Å². The lowest BCUT2D eigenvalue weighted by Crippen LogP contribution is -2.14. The van der Waals surface area contributed by atoms with Gasteiger partial charge in [0.1, 0.15) is 11.5 Å². The first kappa shape index (κ1) is 13.9. The Morgan fingerprint density at radius 3 is 2.75 bits per heavy atom. The lowest BCUT2D eigenvalue weighted by molar-refractivity contribution is -0.385. The molecule has 0 spiro atoms. The number of hydrogen-bond donors (Lipinski definition) is 2. The molecule has 0 aliphatic carbocycles. The quantitative estimate of drug-likeness (QED) is 0.660. The molecule has 0 radical (unpaired) electrons. The van der Waals surface area contributed by atoms with E-state index < -0.39 is 10.8 Å². The summed E-state index contributed by atoms with van der Waals surface area (Å²) in [4.78, 5) is 26.1. The van der Waals surface area contributed by atoms with Crippen LogP contribution in [0.5, 0.6) is 0 Å². The summed E-state index contributed by atoms with van der Waals surface area (Å²) in [6, 6.07) is 8.94. The van der Waals surface area contributed by atoms with Crippen LogP contribution in [0.15, 0.2) is 40.9 Å². The van der Waals surface area contributed by atoms with Crippen molar-refractivity contribution in [3.8, 4) is 0 Å². The average Bonchev–Trinajstić information content (AvgIpc) is 2.40. The predicted octanol–water partition coefficient (Wildman–Crippen LogP) is 2.59. The van der Waals surface area contributed by atoms with Crippen LogP contribution < -0.4 is 11.1 Å². The average molecular weight is 337 g/mol. The molecule has 8 heteroatoms. The molecule has 0 aliphatic heterocycles. The molecule has 2 aromatic rings. The van der Waals surface area contributed by atoms with Gasteiger partial charge in [-0.2, -0.15) is 0 Å². The van der Waals surface area contributed by atoms with E-state index in [1.807, 2.05) is 0 Å². The van der Waals surface area contributed by atoms with Gasteiger partial charge in [-0.25, -0.2) is 4.98 Å². The van der Waals surface area contributed by atoms with Crippen LogP contribution in [0.2, 0.25) is 0 Å². The summed E-state index contributed by atoms with van der Waals surface area (Å²) in [6.45, 7) is 0. The van der Waals surface area contributed by atoms with E-state index in [-0.39, 0.29) is 17.2 Å². The number of anilines is 2. The Bertz CT molecular complexity index is 690. The van der Waals surface area contributed by atoms with Crippen LogP contribution >= 0.6 is 15.9 Å². The predicted molar refractivity (Wildman–Crippen MR) is 77.4 cm³/mol. The van der Waals surface area contributed by atoms with E-state index in [9.17, 15) is 14.9 Å². The number of rotatable bonds is 3. The Balaban J connectivity index is 2.24. The second-order valence-corrected chi connectivity index (χ2v) is 4.68. The van der Waals surface area contributed by atoms with Crippen LogP contribution in [0.4, 0.5) is 17.2 Å². The third kappa shape index (κ3) is 3.09. The van der Waals surface area contributed by atoms with Gasteiger partial charge < -0.3 is 11.1 Å². The smallest absolute Gasteiger partial charge is 0.285 e. The topological polar surface area (TPSA) is 111 Å². The van der Waals surface area contributed by atoms with Crippen LogP contribution in [0, 0.1) is 10.1 Å². The molecule has 2 rings (SSSR count). The van der Waals surface area contributed by atoms with Crippen LogP contribution in [-0.4, -0.2) is 15.8 Å². The van der Waals surface area contributed by atoms with E-state index in [1.165, 1.54) is 18.2 Å². The number of aromatic nitrogens is 1. The molecule has 1 aromatic heterocycles. The normalized spacial score (nSPS) is 10.1. The summed E-state index contributed by atoms with van der Waals surface area (Å²) in [5.41, 5.74) is 5.79. The molecule has 0 unspecified atom stereocenters. The van der Waals surface area contributed by atoms with Crippen molar-refractivity contribution in [1.82, 2.24) is 4.98 Å². The number of nitrogens with two attached hydrogens (primary N) is 1. The fourth-order valence-corrected chi connectivity index (χ4v) is 1.89. The fraction of sp³-hybridized carbons (Fsp3) is 0. The van der Waals surface area contributed by atoms with Crippen LogP contribution in [-0.2, 0) is 0 Å². The highest BCUT2D eigenvalue weighted by molar-refractivity contribution is 9.10. The highest BCUT2D eigenvalue weighted by Crippen LogP contribution is 2.27. The second-order valence-electron chi connectivity index (χ2n) is 3.83. The third-order valence-corrected chi connectivity index (χ3v) is 3.07. The highest BCUT2D eigenvalue weighted by Gasteiger charge is 2.14. The first-order chi connectivity index (χ1) is 9.47. The largest absolute Gasteiger partial charge is 0.384 e. The zero-order chi connectivity index (χ0) is 14.7. The van der Waals surface area contributed by atoms with Gasteiger partial charge >= 0.3 is 0 Å². The molecule has 0 fully saturated rings. The summed E-state index contributed by atoms with van der Waals surface area (Å²) in [5.74, 6) is -0.270. The highest BCUT2D eigenvalue weighted by atomic mass is 79.9. The van der Waals surface area contributed by atoms with Gasteiger partial charge in [0.25, 0.3) is 11.6 Å². The van der Waals surface area contributed by atoms with Gasteiger partial charge in [0.05, 0.1) is 9.40 Å². The molecular weight excluding hydrogens is 328 g/mol. The van der Waals surface area contributed by atoms with E-state index >= 15 is 0 Å².